The molecule has 2 aliphatic heterocycles. The first-order valence-corrected chi connectivity index (χ1v) is 14.3. The van der Waals surface area contributed by atoms with Gasteiger partial charge in [-0.2, -0.15) is 0 Å². The van der Waals surface area contributed by atoms with Crippen LogP contribution in [0.15, 0.2) is 48.0 Å². The lowest BCUT2D eigenvalue weighted by Gasteiger charge is -2.49. The number of aromatic hydroxyl groups is 1. The number of phenolic OH excluding ortho intramolecular Hbond substituents is 1. The Labute approximate surface area is 246 Å². The van der Waals surface area contributed by atoms with Crippen molar-refractivity contribution < 1.29 is 28.7 Å². The fourth-order valence-electron chi connectivity index (χ4n) is 7.65. The third-order valence-electron chi connectivity index (χ3n) is 9.41. The van der Waals surface area contributed by atoms with E-state index >= 15 is 0 Å². The molecule has 2 aromatic carbocycles. The third-order valence-corrected chi connectivity index (χ3v) is 9.93. The lowest BCUT2D eigenvalue weighted by molar-refractivity contribution is -0.145. The van der Waals surface area contributed by atoms with Crippen LogP contribution in [0.4, 0.5) is 10.1 Å². The molecule has 2 aromatic rings. The number of benzene rings is 2. The Kier molecular flexibility index (Phi) is 6.22. The maximum absolute atomic E-state index is 14.3. The molecule has 214 valence electrons. The first kappa shape index (κ1) is 27.9. The van der Waals surface area contributed by atoms with E-state index in [-0.39, 0.29) is 34.7 Å². The number of nitrogens with zero attached hydrogens (tertiary/aromatic N) is 2. The first-order valence-electron chi connectivity index (χ1n) is 13.6. The molecule has 2 saturated heterocycles. The zero-order valence-corrected chi connectivity index (χ0v) is 24.5. The minimum absolute atomic E-state index is 0.100. The quantitative estimate of drug-likeness (QED) is 0.345. The maximum Gasteiger partial charge on any atom is 0.241 e. The summed E-state index contributed by atoms with van der Waals surface area (Å²) in [6.07, 6.45) is 2.37. The summed E-state index contributed by atoms with van der Waals surface area (Å²) in [4.78, 5) is 58.2. The number of rotatable bonds is 2. The molecule has 7 nitrogen and oxygen atoms in total. The van der Waals surface area contributed by atoms with Gasteiger partial charge >= 0.3 is 0 Å². The van der Waals surface area contributed by atoms with Gasteiger partial charge in [0.25, 0.3) is 0 Å². The molecule has 0 radical (unpaired) electrons. The highest BCUT2D eigenvalue weighted by Crippen LogP contribution is 2.64. The summed E-state index contributed by atoms with van der Waals surface area (Å²) >= 11 is 12.4. The number of carbonyl (C=O) groups is 4. The van der Waals surface area contributed by atoms with Gasteiger partial charge in [-0.15, -0.1) is 0 Å². The highest BCUT2D eigenvalue weighted by Gasteiger charge is 2.68. The number of hydrogen-bond donors (Lipinski definition) is 1. The second-order valence-corrected chi connectivity index (χ2v) is 13.5. The number of phenols is 1. The Morgan fingerprint density at radius 3 is 2.34 bits per heavy atom. The van der Waals surface area contributed by atoms with E-state index in [0.717, 1.165) is 16.5 Å². The number of fused-ring (bicyclic) bond motifs is 4. The highest BCUT2D eigenvalue weighted by atomic mass is 35.5. The van der Waals surface area contributed by atoms with Crippen molar-refractivity contribution in [1.82, 2.24) is 4.90 Å². The molecule has 0 spiro atoms. The predicted molar refractivity (Wildman–Crippen MR) is 151 cm³/mol. The van der Waals surface area contributed by atoms with Gasteiger partial charge in [-0.25, -0.2) is 9.29 Å². The van der Waals surface area contributed by atoms with Gasteiger partial charge in [0.1, 0.15) is 11.6 Å². The van der Waals surface area contributed by atoms with Gasteiger partial charge in [0, 0.05) is 22.0 Å². The van der Waals surface area contributed by atoms with Crippen LogP contribution in [0.25, 0.3) is 0 Å². The van der Waals surface area contributed by atoms with E-state index in [2.05, 4.69) is 0 Å². The minimum atomic E-state index is -1.37. The largest absolute Gasteiger partial charge is 0.508 e. The molecular formula is C31H29Cl2FN2O5. The third kappa shape index (κ3) is 3.83. The molecule has 0 unspecified atom stereocenters. The van der Waals surface area contributed by atoms with Crippen molar-refractivity contribution in [3.8, 4) is 5.75 Å². The number of hydrogen-bond acceptors (Lipinski definition) is 5. The van der Waals surface area contributed by atoms with Crippen molar-refractivity contribution in [2.45, 2.75) is 52.0 Å². The number of likely N-dealkylation sites (tertiary alicyclic amines) is 1. The zero-order valence-electron chi connectivity index (χ0n) is 23.0. The van der Waals surface area contributed by atoms with Crippen molar-refractivity contribution >= 4 is 52.5 Å². The summed E-state index contributed by atoms with van der Waals surface area (Å²) in [6, 6.07) is 8.21. The summed E-state index contributed by atoms with van der Waals surface area (Å²) in [5.41, 5.74) is -0.859. The molecule has 0 aromatic heterocycles. The SMILES string of the molecule is CC(C)(C)N1C(=O)[C@H]2[C@H](CC=C3[C@H]2C[C@H]2C(=O)N(c4ccc(F)c(Cl)c4)C(=O)[C@@]2(C)[C@H]3c2cc(Cl)ccc2O)C1=O. The topological polar surface area (TPSA) is 95.0 Å². The molecule has 0 bridgehead atoms. The molecular weight excluding hydrogens is 570 g/mol. The van der Waals surface area contributed by atoms with E-state index < -0.39 is 58.2 Å². The number of halogens is 3. The van der Waals surface area contributed by atoms with Crippen LogP contribution in [0.2, 0.25) is 10.0 Å². The van der Waals surface area contributed by atoms with Gasteiger partial charge in [-0.1, -0.05) is 34.9 Å². The molecule has 10 heteroatoms. The molecule has 1 N–H and O–H groups in total. The molecule has 4 amide bonds. The molecule has 3 fully saturated rings. The first-order chi connectivity index (χ1) is 19.2. The average Bonchev–Trinajstić information content (AvgIpc) is 3.27. The number of anilines is 1. The number of carbonyl (C=O) groups excluding carboxylic acids is 4. The van der Waals surface area contributed by atoms with Gasteiger partial charge in [0.05, 0.1) is 33.9 Å². The predicted octanol–water partition coefficient (Wildman–Crippen LogP) is 5.87. The van der Waals surface area contributed by atoms with E-state index in [4.69, 9.17) is 23.2 Å². The summed E-state index contributed by atoms with van der Waals surface area (Å²) in [5, 5.41) is 11.2. The van der Waals surface area contributed by atoms with Gasteiger partial charge in [0.15, 0.2) is 0 Å². The summed E-state index contributed by atoms with van der Waals surface area (Å²) in [5.74, 6) is -5.85. The minimum Gasteiger partial charge on any atom is -0.508 e. The summed E-state index contributed by atoms with van der Waals surface area (Å²) in [7, 11) is 0. The van der Waals surface area contributed by atoms with Gasteiger partial charge < -0.3 is 5.11 Å². The second-order valence-electron chi connectivity index (χ2n) is 12.6. The molecule has 2 heterocycles. The smallest absolute Gasteiger partial charge is 0.241 e. The Hall–Kier alpha value is -3.23. The van der Waals surface area contributed by atoms with Crippen molar-refractivity contribution in [1.29, 1.82) is 0 Å². The van der Waals surface area contributed by atoms with Crippen molar-refractivity contribution in [2.24, 2.45) is 29.1 Å². The lowest BCUT2D eigenvalue weighted by Crippen LogP contribution is -2.49. The van der Waals surface area contributed by atoms with Crippen LogP contribution in [0.5, 0.6) is 5.75 Å². The highest BCUT2D eigenvalue weighted by molar-refractivity contribution is 6.32. The Morgan fingerprint density at radius 2 is 1.68 bits per heavy atom. The fraction of sp³-hybridized carbons (Fsp3) is 0.419. The molecule has 1 saturated carbocycles. The van der Waals surface area contributed by atoms with Crippen LogP contribution in [0, 0.1) is 34.9 Å². The van der Waals surface area contributed by atoms with Crippen LogP contribution < -0.4 is 4.90 Å². The van der Waals surface area contributed by atoms with Crippen molar-refractivity contribution in [2.75, 3.05) is 4.90 Å². The van der Waals surface area contributed by atoms with Gasteiger partial charge in [-0.05, 0) is 82.9 Å². The second kappa shape index (κ2) is 9.13. The van der Waals surface area contributed by atoms with Crippen LogP contribution >= 0.6 is 23.2 Å². The molecule has 41 heavy (non-hydrogen) atoms. The van der Waals surface area contributed by atoms with E-state index in [1.165, 1.54) is 29.2 Å². The molecule has 6 rings (SSSR count). The van der Waals surface area contributed by atoms with E-state index in [9.17, 15) is 28.7 Å². The fourth-order valence-corrected chi connectivity index (χ4v) is 8.00. The van der Waals surface area contributed by atoms with E-state index in [0.29, 0.717) is 17.0 Å². The normalized spacial score (nSPS) is 31.3. The van der Waals surface area contributed by atoms with Crippen LogP contribution in [-0.2, 0) is 19.2 Å². The van der Waals surface area contributed by atoms with Crippen molar-refractivity contribution in [3.05, 3.63) is 69.5 Å². The van der Waals surface area contributed by atoms with E-state index in [1.807, 2.05) is 26.8 Å². The number of imide groups is 2. The Balaban J connectivity index is 1.54. The van der Waals surface area contributed by atoms with Crippen molar-refractivity contribution in [3.63, 3.8) is 0 Å². The monoisotopic (exact) mass is 598 g/mol. The molecule has 4 aliphatic rings. The summed E-state index contributed by atoms with van der Waals surface area (Å²) < 4.78 is 14.0. The maximum atomic E-state index is 14.3. The van der Waals surface area contributed by atoms with Crippen LogP contribution in [-0.4, -0.2) is 39.2 Å². The Morgan fingerprint density at radius 1 is 0.976 bits per heavy atom. The molecule has 6 atom stereocenters. The average molecular weight is 599 g/mol. The summed E-state index contributed by atoms with van der Waals surface area (Å²) in [6.45, 7) is 7.12. The lowest BCUT2D eigenvalue weighted by atomic mass is 9.51. The van der Waals surface area contributed by atoms with Gasteiger partial charge in [-0.3, -0.25) is 24.1 Å². The molecule has 2 aliphatic carbocycles. The number of amides is 4. The zero-order chi connectivity index (χ0) is 29.8. The number of allylic oxidation sites excluding steroid dienone is 2. The standard InChI is InChI=1S/C31H29Cl2FN2O5/c1-30(2,3)36-26(38)17-8-7-16-18(24(17)28(36)40)13-20-27(39)35(15-6-9-22(34)21(33)12-15)29(41)31(20,4)25(16)19-11-14(32)5-10-23(19)37/h5-7,9-12,17-18,20,24-25,37H,8,13H2,1-4H3/t17-,18+,20-,24-,25+,31+/m0/s1. The van der Waals surface area contributed by atoms with Crippen LogP contribution in [0.3, 0.4) is 0 Å². The Bertz CT molecular complexity index is 1580. The van der Waals surface area contributed by atoms with Crippen LogP contribution in [0.1, 0.15) is 52.0 Å². The van der Waals surface area contributed by atoms with Gasteiger partial charge in [0.2, 0.25) is 23.6 Å². The van der Waals surface area contributed by atoms with E-state index in [1.54, 1.807) is 13.0 Å².